The quantitative estimate of drug-likeness (QED) is 0.623. The molecule has 5 nitrogen and oxygen atoms in total. The van der Waals surface area contributed by atoms with Gasteiger partial charge < -0.3 is 4.74 Å². The first-order valence-corrected chi connectivity index (χ1v) is 5.98. The van der Waals surface area contributed by atoms with Crippen molar-refractivity contribution >= 4 is 23.0 Å². The number of aldehydes is 1. The molecule has 2 rings (SSSR count). The van der Waals surface area contributed by atoms with Gasteiger partial charge in [-0.3, -0.25) is 4.79 Å². The van der Waals surface area contributed by atoms with Gasteiger partial charge in [0, 0.05) is 10.8 Å². The van der Waals surface area contributed by atoms with E-state index in [9.17, 15) is 9.59 Å². The van der Waals surface area contributed by atoms with Crippen LogP contribution in [0.1, 0.15) is 38.9 Å². The molecule has 0 spiro atoms. The first-order chi connectivity index (χ1) is 9.10. The number of rotatable bonds is 3. The highest BCUT2D eigenvalue weighted by Crippen LogP contribution is 2.26. The molecule has 0 amide bonds. The second-order valence-electron chi connectivity index (χ2n) is 4.22. The molecule has 0 bridgehead atoms. The van der Waals surface area contributed by atoms with Crippen molar-refractivity contribution in [2.45, 2.75) is 20.8 Å². The molecule has 0 unspecified atom stereocenters. The van der Waals surface area contributed by atoms with Crippen molar-refractivity contribution in [1.29, 1.82) is 0 Å². The molecule has 0 aliphatic carbocycles. The molecular formula is C14H14N2O3. The molecule has 1 aromatic heterocycles. The van der Waals surface area contributed by atoms with Crippen molar-refractivity contribution in [3.05, 3.63) is 34.6 Å². The van der Waals surface area contributed by atoms with Gasteiger partial charge in [-0.15, -0.1) is 5.10 Å². The normalized spacial score (nSPS) is 10.5. The summed E-state index contributed by atoms with van der Waals surface area (Å²) in [5, 5.41) is 9.01. The van der Waals surface area contributed by atoms with Crippen molar-refractivity contribution in [3.63, 3.8) is 0 Å². The molecule has 0 aliphatic rings. The number of benzene rings is 1. The van der Waals surface area contributed by atoms with Gasteiger partial charge in [-0.25, -0.2) is 4.79 Å². The number of ether oxygens (including phenoxy) is 1. The highest BCUT2D eigenvalue weighted by atomic mass is 16.5. The Balaban J connectivity index is 2.76. The third kappa shape index (κ3) is 2.19. The molecule has 19 heavy (non-hydrogen) atoms. The van der Waals surface area contributed by atoms with Gasteiger partial charge in [0.2, 0.25) is 0 Å². The Labute approximate surface area is 110 Å². The van der Waals surface area contributed by atoms with Crippen molar-refractivity contribution in [2.24, 2.45) is 0 Å². The minimum atomic E-state index is -0.358. The van der Waals surface area contributed by atoms with E-state index in [-0.39, 0.29) is 11.7 Å². The lowest BCUT2D eigenvalue weighted by Gasteiger charge is -2.12. The molecule has 0 N–H and O–H groups in total. The summed E-state index contributed by atoms with van der Waals surface area (Å²) in [6.07, 6.45) is 2.22. The molecule has 0 fully saturated rings. The van der Waals surface area contributed by atoms with Gasteiger partial charge in [0.25, 0.3) is 0 Å². The predicted octanol–water partition coefficient (Wildman–Crippen LogP) is 2.24. The summed E-state index contributed by atoms with van der Waals surface area (Å²) in [6.45, 7) is 5.72. The molecule has 5 heteroatoms. The topological polar surface area (TPSA) is 69.2 Å². The summed E-state index contributed by atoms with van der Waals surface area (Å²) in [7, 11) is 0. The Morgan fingerprint density at radius 1 is 1.37 bits per heavy atom. The SMILES string of the molecule is CCOC(=O)c1c(C)cc2c(C=O)nncc2c1C. The summed E-state index contributed by atoms with van der Waals surface area (Å²) in [5.41, 5.74) is 2.32. The molecule has 0 saturated heterocycles. The largest absolute Gasteiger partial charge is 0.462 e. The van der Waals surface area contributed by atoms with E-state index in [0.29, 0.717) is 23.8 Å². The van der Waals surface area contributed by atoms with Gasteiger partial charge in [-0.2, -0.15) is 5.10 Å². The fourth-order valence-electron chi connectivity index (χ4n) is 2.18. The number of aromatic nitrogens is 2. The standard InChI is InChI=1S/C14H14N2O3/c1-4-19-14(18)13-8(2)5-10-11(9(13)3)6-15-16-12(10)7-17/h5-7H,4H2,1-3H3. The van der Waals surface area contributed by atoms with Crippen LogP contribution in [0.25, 0.3) is 10.8 Å². The molecule has 0 atom stereocenters. The molecule has 0 aliphatic heterocycles. The fraction of sp³-hybridized carbons (Fsp3) is 0.286. The maximum atomic E-state index is 12.0. The summed E-state index contributed by atoms with van der Waals surface area (Å²) in [4.78, 5) is 22.9. The van der Waals surface area contributed by atoms with Crippen LogP contribution >= 0.6 is 0 Å². The molecular weight excluding hydrogens is 244 g/mol. The minimum absolute atomic E-state index is 0.277. The van der Waals surface area contributed by atoms with E-state index in [0.717, 1.165) is 16.5 Å². The first kappa shape index (κ1) is 13.1. The molecule has 1 aromatic carbocycles. The Hall–Kier alpha value is -2.30. The number of esters is 1. The zero-order valence-corrected chi connectivity index (χ0v) is 11.1. The van der Waals surface area contributed by atoms with Crippen LogP contribution in [0.5, 0.6) is 0 Å². The monoisotopic (exact) mass is 258 g/mol. The predicted molar refractivity (Wildman–Crippen MR) is 70.4 cm³/mol. The van der Waals surface area contributed by atoms with Crippen LogP contribution < -0.4 is 0 Å². The maximum absolute atomic E-state index is 12.0. The number of aryl methyl sites for hydroxylation is 2. The summed E-state index contributed by atoms with van der Waals surface area (Å²) in [5.74, 6) is -0.358. The van der Waals surface area contributed by atoms with Crippen LogP contribution in [-0.4, -0.2) is 29.1 Å². The Morgan fingerprint density at radius 2 is 2.11 bits per heavy atom. The van der Waals surface area contributed by atoms with Gasteiger partial charge in [0.1, 0.15) is 5.69 Å². The third-order valence-corrected chi connectivity index (χ3v) is 3.04. The zero-order valence-electron chi connectivity index (χ0n) is 11.1. The van der Waals surface area contributed by atoms with Gasteiger partial charge in [0.15, 0.2) is 6.29 Å². The van der Waals surface area contributed by atoms with Gasteiger partial charge in [-0.1, -0.05) is 0 Å². The molecule has 98 valence electrons. The summed E-state index contributed by atoms with van der Waals surface area (Å²) >= 11 is 0. The maximum Gasteiger partial charge on any atom is 0.338 e. The number of fused-ring (bicyclic) bond motifs is 1. The van der Waals surface area contributed by atoms with Gasteiger partial charge in [0.05, 0.1) is 18.4 Å². The number of nitrogens with zero attached hydrogens (tertiary/aromatic N) is 2. The number of carbonyl (C=O) groups excluding carboxylic acids is 2. The number of hydrogen-bond acceptors (Lipinski definition) is 5. The van der Waals surface area contributed by atoms with E-state index in [1.807, 2.05) is 13.8 Å². The van der Waals surface area contributed by atoms with Crippen LogP contribution in [0.15, 0.2) is 12.3 Å². The first-order valence-electron chi connectivity index (χ1n) is 5.98. The van der Waals surface area contributed by atoms with E-state index in [4.69, 9.17) is 4.74 Å². The fourth-order valence-corrected chi connectivity index (χ4v) is 2.18. The van der Waals surface area contributed by atoms with Crippen molar-refractivity contribution in [2.75, 3.05) is 6.61 Å². The minimum Gasteiger partial charge on any atom is -0.462 e. The third-order valence-electron chi connectivity index (χ3n) is 3.04. The Morgan fingerprint density at radius 3 is 2.74 bits per heavy atom. The van der Waals surface area contributed by atoms with E-state index >= 15 is 0 Å². The highest BCUT2D eigenvalue weighted by molar-refractivity contribution is 6.03. The molecule has 1 heterocycles. The lowest BCUT2D eigenvalue weighted by molar-refractivity contribution is 0.0525. The van der Waals surface area contributed by atoms with E-state index in [1.54, 1.807) is 19.2 Å². The van der Waals surface area contributed by atoms with Crippen molar-refractivity contribution in [1.82, 2.24) is 10.2 Å². The molecule has 0 radical (unpaired) electrons. The molecule has 0 saturated carbocycles. The van der Waals surface area contributed by atoms with Crippen LogP contribution in [0.2, 0.25) is 0 Å². The number of carbonyl (C=O) groups is 2. The van der Waals surface area contributed by atoms with Gasteiger partial charge in [-0.05, 0) is 38.0 Å². The summed E-state index contributed by atoms with van der Waals surface area (Å²) in [6, 6.07) is 1.77. The Kier molecular flexibility index (Phi) is 3.55. The van der Waals surface area contributed by atoms with E-state index < -0.39 is 0 Å². The van der Waals surface area contributed by atoms with Crippen molar-refractivity contribution < 1.29 is 14.3 Å². The lowest BCUT2D eigenvalue weighted by Crippen LogP contribution is -2.10. The smallest absolute Gasteiger partial charge is 0.338 e. The van der Waals surface area contributed by atoms with Gasteiger partial charge >= 0.3 is 5.97 Å². The Bertz CT molecular complexity index is 665. The average molecular weight is 258 g/mol. The van der Waals surface area contributed by atoms with Crippen molar-refractivity contribution in [3.8, 4) is 0 Å². The molecule has 2 aromatic rings. The second-order valence-corrected chi connectivity index (χ2v) is 4.22. The average Bonchev–Trinajstić information content (AvgIpc) is 2.38. The van der Waals surface area contributed by atoms with E-state index in [1.165, 1.54) is 0 Å². The van der Waals surface area contributed by atoms with Crippen LogP contribution in [0.4, 0.5) is 0 Å². The van der Waals surface area contributed by atoms with Crippen LogP contribution in [0, 0.1) is 13.8 Å². The highest BCUT2D eigenvalue weighted by Gasteiger charge is 2.17. The van der Waals surface area contributed by atoms with Crippen LogP contribution in [-0.2, 0) is 4.74 Å². The van der Waals surface area contributed by atoms with Crippen LogP contribution in [0.3, 0.4) is 0 Å². The second kappa shape index (κ2) is 5.14. The summed E-state index contributed by atoms with van der Waals surface area (Å²) < 4.78 is 5.05. The lowest BCUT2D eigenvalue weighted by atomic mass is 9.96. The van der Waals surface area contributed by atoms with E-state index in [2.05, 4.69) is 10.2 Å². The number of hydrogen-bond donors (Lipinski definition) is 0. The zero-order chi connectivity index (χ0) is 14.0.